The third-order valence-electron chi connectivity index (χ3n) is 4.70. The number of ketones is 1. The SMILES string of the molecule is CC(C)(CCC(=O)[C@H]1[C@H](CC=O)[C@H](O)C[C@@H]1O)Oc1ccccc1. The predicted octanol–water partition coefficient (Wildman–Crippen LogP) is 2.14. The molecule has 2 rings (SSSR count). The molecule has 0 unspecified atom stereocenters. The fourth-order valence-corrected chi connectivity index (χ4v) is 3.41. The monoisotopic (exact) mass is 334 g/mol. The molecule has 0 amide bonds. The molecule has 1 saturated carbocycles. The van der Waals surface area contributed by atoms with Gasteiger partial charge in [0.2, 0.25) is 0 Å². The molecule has 0 aliphatic heterocycles. The van der Waals surface area contributed by atoms with Crippen molar-refractivity contribution in [2.75, 3.05) is 0 Å². The molecular formula is C19H26O5. The summed E-state index contributed by atoms with van der Waals surface area (Å²) in [4.78, 5) is 23.3. The number of benzene rings is 1. The van der Waals surface area contributed by atoms with Gasteiger partial charge >= 0.3 is 0 Å². The van der Waals surface area contributed by atoms with Crippen molar-refractivity contribution in [1.29, 1.82) is 0 Å². The number of rotatable bonds is 8. The van der Waals surface area contributed by atoms with E-state index in [9.17, 15) is 19.8 Å². The number of carbonyl (C=O) groups excluding carboxylic acids is 2. The molecule has 0 spiro atoms. The van der Waals surface area contributed by atoms with Crippen molar-refractivity contribution in [3.05, 3.63) is 30.3 Å². The molecule has 0 bridgehead atoms. The Morgan fingerprint density at radius 1 is 1.25 bits per heavy atom. The minimum Gasteiger partial charge on any atom is -0.488 e. The summed E-state index contributed by atoms with van der Waals surface area (Å²) in [5.74, 6) is -0.526. The van der Waals surface area contributed by atoms with E-state index in [1.807, 2.05) is 44.2 Å². The summed E-state index contributed by atoms with van der Waals surface area (Å²) in [6.45, 7) is 3.83. The number of aliphatic hydroxyl groups excluding tert-OH is 2. The first kappa shape index (κ1) is 18.6. The second kappa shape index (κ2) is 7.90. The first-order chi connectivity index (χ1) is 11.3. The van der Waals surface area contributed by atoms with Crippen LogP contribution >= 0.6 is 0 Å². The standard InChI is InChI=1S/C19H26O5/c1-19(2,24-13-6-4-3-5-7-13)10-8-15(21)18-14(9-11-20)16(22)12-17(18)23/h3-7,11,14,16-18,22-23H,8-10,12H2,1-2H3/t14-,16-,17+,18-/m1/s1. The summed E-state index contributed by atoms with van der Waals surface area (Å²) < 4.78 is 5.92. The molecule has 0 radical (unpaired) electrons. The quantitative estimate of drug-likeness (QED) is 0.712. The van der Waals surface area contributed by atoms with Gasteiger partial charge in [-0.15, -0.1) is 0 Å². The second-order valence-corrected chi connectivity index (χ2v) is 7.10. The van der Waals surface area contributed by atoms with E-state index in [0.29, 0.717) is 12.7 Å². The van der Waals surface area contributed by atoms with Crippen LogP contribution in [0.3, 0.4) is 0 Å². The zero-order valence-electron chi connectivity index (χ0n) is 14.2. The minimum atomic E-state index is -0.879. The van der Waals surface area contributed by atoms with Crippen LogP contribution in [0.2, 0.25) is 0 Å². The van der Waals surface area contributed by atoms with E-state index in [2.05, 4.69) is 0 Å². The summed E-state index contributed by atoms with van der Waals surface area (Å²) in [7, 11) is 0. The molecule has 24 heavy (non-hydrogen) atoms. The maximum atomic E-state index is 12.5. The van der Waals surface area contributed by atoms with Crippen LogP contribution in [-0.2, 0) is 9.59 Å². The van der Waals surface area contributed by atoms with Gasteiger partial charge in [0, 0.05) is 31.1 Å². The highest BCUT2D eigenvalue weighted by molar-refractivity contribution is 5.82. The number of aldehydes is 1. The van der Waals surface area contributed by atoms with Gasteiger partial charge in [-0.3, -0.25) is 4.79 Å². The Morgan fingerprint density at radius 2 is 1.92 bits per heavy atom. The fourth-order valence-electron chi connectivity index (χ4n) is 3.41. The molecule has 132 valence electrons. The van der Waals surface area contributed by atoms with E-state index in [-0.39, 0.29) is 25.0 Å². The van der Waals surface area contributed by atoms with Crippen LogP contribution in [0.15, 0.2) is 30.3 Å². The van der Waals surface area contributed by atoms with Crippen LogP contribution in [0.5, 0.6) is 5.75 Å². The van der Waals surface area contributed by atoms with E-state index in [0.717, 1.165) is 5.75 Å². The highest BCUT2D eigenvalue weighted by Gasteiger charge is 2.45. The van der Waals surface area contributed by atoms with Gasteiger partial charge in [-0.05, 0) is 32.4 Å². The smallest absolute Gasteiger partial charge is 0.139 e. The summed E-state index contributed by atoms with van der Waals surface area (Å²) in [5.41, 5.74) is -0.528. The third-order valence-corrected chi connectivity index (χ3v) is 4.70. The fraction of sp³-hybridized carbons (Fsp3) is 0.579. The van der Waals surface area contributed by atoms with Gasteiger partial charge < -0.3 is 19.7 Å². The summed E-state index contributed by atoms with van der Waals surface area (Å²) in [6.07, 6.45) is 0.00657. The average molecular weight is 334 g/mol. The maximum Gasteiger partial charge on any atom is 0.139 e. The van der Waals surface area contributed by atoms with Gasteiger partial charge in [0.25, 0.3) is 0 Å². The Balaban J connectivity index is 1.94. The molecule has 1 aromatic rings. The highest BCUT2D eigenvalue weighted by Crippen LogP contribution is 2.36. The van der Waals surface area contributed by atoms with Gasteiger partial charge in [0.05, 0.1) is 12.2 Å². The van der Waals surface area contributed by atoms with Crippen molar-refractivity contribution in [2.45, 2.75) is 57.3 Å². The van der Waals surface area contributed by atoms with Crippen LogP contribution in [0.4, 0.5) is 0 Å². The number of Topliss-reactive ketones (excluding diaryl/α,β-unsaturated/α-hetero) is 1. The topological polar surface area (TPSA) is 83.8 Å². The predicted molar refractivity (Wildman–Crippen MR) is 89.7 cm³/mol. The molecule has 1 fully saturated rings. The third kappa shape index (κ3) is 4.65. The Kier molecular flexibility index (Phi) is 6.13. The van der Waals surface area contributed by atoms with Crippen LogP contribution < -0.4 is 4.74 Å². The van der Waals surface area contributed by atoms with Crippen molar-refractivity contribution < 1.29 is 24.5 Å². The first-order valence-corrected chi connectivity index (χ1v) is 8.40. The lowest BCUT2D eigenvalue weighted by molar-refractivity contribution is -0.128. The van der Waals surface area contributed by atoms with Crippen molar-refractivity contribution >= 4 is 12.1 Å². The van der Waals surface area contributed by atoms with E-state index >= 15 is 0 Å². The Morgan fingerprint density at radius 3 is 2.54 bits per heavy atom. The number of hydrogen-bond acceptors (Lipinski definition) is 5. The summed E-state index contributed by atoms with van der Waals surface area (Å²) in [5, 5.41) is 20.0. The van der Waals surface area contributed by atoms with Gasteiger partial charge in [0.1, 0.15) is 23.4 Å². The summed E-state index contributed by atoms with van der Waals surface area (Å²) >= 11 is 0. The van der Waals surface area contributed by atoms with Crippen LogP contribution in [0.25, 0.3) is 0 Å². The zero-order valence-corrected chi connectivity index (χ0v) is 14.2. The maximum absolute atomic E-state index is 12.5. The lowest BCUT2D eigenvalue weighted by Gasteiger charge is -2.28. The van der Waals surface area contributed by atoms with Crippen molar-refractivity contribution in [2.24, 2.45) is 11.8 Å². The van der Waals surface area contributed by atoms with Gasteiger partial charge in [-0.25, -0.2) is 0 Å². The van der Waals surface area contributed by atoms with Crippen LogP contribution in [0, 0.1) is 11.8 Å². The van der Waals surface area contributed by atoms with E-state index in [4.69, 9.17) is 4.74 Å². The zero-order chi connectivity index (χ0) is 17.7. The van der Waals surface area contributed by atoms with E-state index in [1.165, 1.54) is 0 Å². The van der Waals surface area contributed by atoms with Crippen molar-refractivity contribution in [3.8, 4) is 5.75 Å². The average Bonchev–Trinajstić information content (AvgIpc) is 2.80. The summed E-state index contributed by atoms with van der Waals surface area (Å²) in [6, 6.07) is 9.40. The largest absolute Gasteiger partial charge is 0.488 e. The highest BCUT2D eigenvalue weighted by atomic mass is 16.5. The van der Waals surface area contributed by atoms with Gasteiger partial charge in [-0.1, -0.05) is 18.2 Å². The molecule has 2 N–H and O–H groups in total. The lowest BCUT2D eigenvalue weighted by atomic mass is 9.84. The molecule has 1 aromatic carbocycles. The Labute approximate surface area is 142 Å². The molecule has 0 saturated heterocycles. The van der Waals surface area contributed by atoms with Crippen LogP contribution in [-0.4, -0.2) is 40.1 Å². The Bertz CT molecular complexity index is 554. The van der Waals surface area contributed by atoms with E-state index < -0.39 is 29.6 Å². The van der Waals surface area contributed by atoms with Gasteiger partial charge in [-0.2, -0.15) is 0 Å². The number of aliphatic hydroxyl groups is 2. The first-order valence-electron chi connectivity index (χ1n) is 8.40. The molecular weight excluding hydrogens is 308 g/mol. The molecule has 4 atom stereocenters. The number of carbonyl (C=O) groups is 2. The lowest BCUT2D eigenvalue weighted by Crippen LogP contribution is -2.34. The number of ether oxygens (including phenoxy) is 1. The minimum absolute atomic E-state index is 0.0958. The van der Waals surface area contributed by atoms with E-state index in [1.54, 1.807) is 0 Å². The molecule has 5 nitrogen and oxygen atoms in total. The second-order valence-electron chi connectivity index (χ2n) is 7.10. The van der Waals surface area contributed by atoms with Crippen LogP contribution in [0.1, 0.15) is 39.5 Å². The molecule has 5 heteroatoms. The van der Waals surface area contributed by atoms with Crippen molar-refractivity contribution in [1.82, 2.24) is 0 Å². The molecule has 0 aromatic heterocycles. The molecule has 0 heterocycles. The molecule has 1 aliphatic carbocycles. The molecule has 1 aliphatic rings. The number of hydrogen-bond donors (Lipinski definition) is 2. The Hall–Kier alpha value is -1.72. The normalized spacial score (nSPS) is 27.0. The number of para-hydroxylation sites is 1. The van der Waals surface area contributed by atoms with Gasteiger partial charge in [0.15, 0.2) is 0 Å². The van der Waals surface area contributed by atoms with Crippen molar-refractivity contribution in [3.63, 3.8) is 0 Å².